The zero-order valence-electron chi connectivity index (χ0n) is 18.3. The highest BCUT2D eigenvalue weighted by atomic mass is 127. The predicted octanol–water partition coefficient (Wildman–Crippen LogP) is 8.78. The van der Waals surface area contributed by atoms with E-state index in [1.165, 1.54) is 57.8 Å². The minimum Gasteiger partial charge on any atom is -0.491 e. The molecule has 0 aliphatic carbocycles. The number of benzene rings is 2. The molecule has 0 heterocycles. The largest absolute Gasteiger partial charge is 0.491 e. The highest BCUT2D eigenvalue weighted by Gasteiger charge is 2.08. The topological polar surface area (TPSA) is 29.5 Å². The third-order valence-electron chi connectivity index (χ3n) is 5.36. The second-order valence-electron chi connectivity index (χ2n) is 7.94. The molecule has 0 spiro atoms. The van der Waals surface area contributed by atoms with E-state index in [0.717, 1.165) is 34.2 Å². The lowest BCUT2D eigenvalue weighted by Gasteiger charge is -2.14. The number of ether oxygens (including phenoxy) is 1. The average molecular weight is 589 g/mol. The van der Waals surface area contributed by atoms with Gasteiger partial charge in [0.1, 0.15) is 12.4 Å². The van der Waals surface area contributed by atoms with Crippen molar-refractivity contribution in [2.45, 2.75) is 83.7 Å². The van der Waals surface area contributed by atoms with Gasteiger partial charge < -0.3 is 9.84 Å². The van der Waals surface area contributed by atoms with Crippen LogP contribution in [0.15, 0.2) is 53.0 Å². The summed E-state index contributed by atoms with van der Waals surface area (Å²) < 4.78 is 6.90. The maximum Gasteiger partial charge on any atom is 0.120 e. The lowest BCUT2D eigenvalue weighted by atomic mass is 10.0. The van der Waals surface area contributed by atoms with Crippen LogP contribution in [0.25, 0.3) is 11.1 Å². The van der Waals surface area contributed by atoms with Crippen LogP contribution in [0.1, 0.15) is 77.6 Å². The monoisotopic (exact) mass is 588 g/mol. The third kappa shape index (κ3) is 11.1. The van der Waals surface area contributed by atoms with E-state index in [1.807, 2.05) is 36.4 Å². The van der Waals surface area contributed by atoms with Gasteiger partial charge >= 0.3 is 0 Å². The van der Waals surface area contributed by atoms with Gasteiger partial charge in [-0.2, -0.15) is 0 Å². The minimum absolute atomic E-state index is 0. The second kappa shape index (κ2) is 17.0. The molecule has 0 aliphatic rings. The first kappa shape index (κ1) is 27.4. The van der Waals surface area contributed by atoms with Crippen molar-refractivity contribution in [3.05, 3.63) is 53.0 Å². The maximum absolute atomic E-state index is 10.2. The van der Waals surface area contributed by atoms with E-state index in [-0.39, 0.29) is 24.0 Å². The molecular formula is C26H38BrIO2. The van der Waals surface area contributed by atoms with Gasteiger partial charge in [-0.05, 0) is 35.7 Å². The van der Waals surface area contributed by atoms with Gasteiger partial charge in [0.25, 0.3) is 0 Å². The maximum atomic E-state index is 10.2. The van der Waals surface area contributed by atoms with Crippen LogP contribution in [0.5, 0.6) is 5.75 Å². The number of rotatable bonds is 15. The normalized spacial score (nSPS) is 11.7. The van der Waals surface area contributed by atoms with Gasteiger partial charge in [-0.3, -0.25) is 0 Å². The van der Waals surface area contributed by atoms with Gasteiger partial charge in [-0.15, -0.1) is 24.0 Å². The van der Waals surface area contributed by atoms with Gasteiger partial charge in [0.2, 0.25) is 0 Å². The van der Waals surface area contributed by atoms with Gasteiger partial charge in [0.05, 0.1) is 6.10 Å². The smallest absolute Gasteiger partial charge is 0.120 e. The van der Waals surface area contributed by atoms with Crippen LogP contribution in [-0.2, 0) is 0 Å². The zero-order valence-corrected chi connectivity index (χ0v) is 22.2. The van der Waals surface area contributed by atoms with Crippen LogP contribution in [0.2, 0.25) is 0 Å². The molecule has 0 amide bonds. The summed E-state index contributed by atoms with van der Waals surface area (Å²) >= 11 is 3.62. The first-order valence-corrected chi connectivity index (χ1v) is 12.2. The molecular weight excluding hydrogens is 551 g/mol. The third-order valence-corrected chi connectivity index (χ3v) is 6.05. The molecule has 2 aromatic carbocycles. The van der Waals surface area contributed by atoms with Crippen molar-refractivity contribution in [3.63, 3.8) is 0 Å². The van der Waals surface area contributed by atoms with Crippen LogP contribution < -0.4 is 4.74 Å². The molecule has 2 nitrogen and oxygen atoms in total. The zero-order chi connectivity index (χ0) is 20.7. The molecule has 2 rings (SSSR count). The van der Waals surface area contributed by atoms with Crippen LogP contribution in [0.3, 0.4) is 0 Å². The highest BCUT2D eigenvalue weighted by Crippen LogP contribution is 2.31. The van der Waals surface area contributed by atoms with E-state index < -0.39 is 6.10 Å². The van der Waals surface area contributed by atoms with Gasteiger partial charge in [0, 0.05) is 4.47 Å². The molecule has 30 heavy (non-hydrogen) atoms. The van der Waals surface area contributed by atoms with Crippen molar-refractivity contribution in [2.24, 2.45) is 0 Å². The fraction of sp³-hybridized carbons (Fsp3) is 0.538. The Morgan fingerprint density at radius 3 is 2.07 bits per heavy atom. The van der Waals surface area contributed by atoms with Crippen molar-refractivity contribution in [1.82, 2.24) is 0 Å². The Bertz CT molecular complexity index is 678. The van der Waals surface area contributed by atoms with E-state index >= 15 is 0 Å². The number of aliphatic hydroxyl groups excluding tert-OH is 1. The Morgan fingerprint density at radius 2 is 1.43 bits per heavy atom. The summed E-state index contributed by atoms with van der Waals surface area (Å²) in [4.78, 5) is 0. The summed E-state index contributed by atoms with van der Waals surface area (Å²) in [6.07, 6.45) is 13.6. The molecule has 0 fully saturated rings. The average Bonchev–Trinajstić information content (AvgIpc) is 2.75. The molecule has 0 saturated heterocycles. The SMILES string of the molecule is CCCCCCCCCCCCC(O)COc1ccc(Br)c(-c2ccccc2)c1.I. The summed E-state index contributed by atoms with van der Waals surface area (Å²) in [6.45, 7) is 2.62. The molecule has 0 bridgehead atoms. The van der Waals surface area contributed by atoms with Crippen molar-refractivity contribution in [3.8, 4) is 16.9 Å². The van der Waals surface area contributed by atoms with E-state index in [1.54, 1.807) is 0 Å². The van der Waals surface area contributed by atoms with Crippen LogP contribution in [-0.4, -0.2) is 17.8 Å². The minimum atomic E-state index is -0.395. The molecule has 0 saturated carbocycles. The fourth-order valence-electron chi connectivity index (χ4n) is 3.58. The molecule has 0 radical (unpaired) electrons. The Kier molecular flexibility index (Phi) is 15.6. The Hall–Kier alpha value is -0.590. The second-order valence-corrected chi connectivity index (χ2v) is 8.80. The molecule has 168 valence electrons. The number of hydrogen-bond acceptors (Lipinski definition) is 2. The lowest BCUT2D eigenvalue weighted by molar-refractivity contribution is 0.0975. The van der Waals surface area contributed by atoms with Gasteiger partial charge in [0.15, 0.2) is 0 Å². The Morgan fingerprint density at radius 1 is 0.833 bits per heavy atom. The molecule has 1 unspecified atom stereocenters. The highest BCUT2D eigenvalue weighted by molar-refractivity contribution is 14.0. The van der Waals surface area contributed by atoms with Crippen molar-refractivity contribution in [2.75, 3.05) is 6.61 Å². The quantitative estimate of drug-likeness (QED) is 0.166. The number of halogens is 2. The summed E-state index contributed by atoms with van der Waals surface area (Å²) in [6, 6.07) is 16.2. The number of aliphatic hydroxyl groups is 1. The first-order chi connectivity index (χ1) is 14.2. The lowest BCUT2D eigenvalue weighted by Crippen LogP contribution is -2.17. The summed E-state index contributed by atoms with van der Waals surface area (Å²) in [5.74, 6) is 0.800. The van der Waals surface area contributed by atoms with Crippen LogP contribution in [0.4, 0.5) is 0 Å². The number of hydrogen-bond donors (Lipinski definition) is 1. The van der Waals surface area contributed by atoms with E-state index in [0.29, 0.717) is 6.61 Å². The fourth-order valence-corrected chi connectivity index (χ4v) is 4.05. The molecule has 1 atom stereocenters. The van der Waals surface area contributed by atoms with Gasteiger partial charge in [-0.25, -0.2) is 0 Å². The predicted molar refractivity (Wildman–Crippen MR) is 143 cm³/mol. The van der Waals surface area contributed by atoms with Crippen LogP contribution in [0, 0.1) is 0 Å². The Balaban J connectivity index is 0.00000450. The Labute approximate surface area is 209 Å². The molecule has 1 N–H and O–H groups in total. The summed E-state index contributed by atoms with van der Waals surface area (Å²) in [5.41, 5.74) is 2.25. The summed E-state index contributed by atoms with van der Waals surface area (Å²) in [7, 11) is 0. The van der Waals surface area contributed by atoms with E-state index in [4.69, 9.17) is 4.74 Å². The molecule has 2 aromatic rings. The standard InChI is InChI=1S/C26H37BrO2.HI/c1-2-3-4-5-6-7-8-9-10-14-17-23(28)21-29-24-18-19-26(27)25(20-24)22-15-12-11-13-16-22;/h11-13,15-16,18-20,23,28H,2-10,14,17,21H2,1H3;1H. The van der Waals surface area contributed by atoms with Crippen molar-refractivity contribution < 1.29 is 9.84 Å². The van der Waals surface area contributed by atoms with Gasteiger partial charge in [-0.1, -0.05) is 117 Å². The summed E-state index contributed by atoms with van der Waals surface area (Å²) in [5, 5.41) is 10.2. The first-order valence-electron chi connectivity index (χ1n) is 11.4. The molecule has 0 aliphatic heterocycles. The molecule has 4 heteroatoms. The van der Waals surface area contributed by atoms with Crippen molar-refractivity contribution >= 4 is 39.9 Å². The molecule has 0 aromatic heterocycles. The number of unbranched alkanes of at least 4 members (excludes halogenated alkanes) is 9. The van der Waals surface area contributed by atoms with Crippen LogP contribution >= 0.6 is 39.9 Å². The van der Waals surface area contributed by atoms with E-state index in [9.17, 15) is 5.11 Å². The van der Waals surface area contributed by atoms with E-state index in [2.05, 4.69) is 35.0 Å². The van der Waals surface area contributed by atoms with Crippen molar-refractivity contribution in [1.29, 1.82) is 0 Å².